The molecule has 0 aliphatic rings. The highest BCUT2D eigenvalue weighted by molar-refractivity contribution is 5.79. The number of benzene rings is 1. The Hall–Kier alpha value is -1.28. The lowest BCUT2D eigenvalue weighted by Gasteiger charge is -2.08. The van der Waals surface area contributed by atoms with Gasteiger partial charge in [0.25, 0.3) is 0 Å². The highest BCUT2D eigenvalue weighted by Gasteiger charge is 2.04. The van der Waals surface area contributed by atoms with Crippen molar-refractivity contribution in [3.63, 3.8) is 0 Å². The fraction of sp³-hybridized carbons (Fsp3) is 0.385. The third-order valence-electron chi connectivity index (χ3n) is 2.71. The van der Waals surface area contributed by atoms with Crippen LogP contribution in [-0.4, -0.2) is 16.2 Å². The molecule has 0 saturated heterocycles. The molecule has 1 heterocycles. The predicted molar refractivity (Wildman–Crippen MR) is 62.9 cm³/mol. The number of aliphatic hydroxyl groups excluding tert-OH is 1. The van der Waals surface area contributed by atoms with Gasteiger partial charge in [-0.1, -0.05) is 19.4 Å². The van der Waals surface area contributed by atoms with Crippen LogP contribution in [0.3, 0.4) is 0 Å². The molecule has 1 atom stereocenters. The predicted octanol–water partition coefficient (Wildman–Crippen LogP) is 2.87. The SMILES string of the molecule is CCC[C@H](O)Cc1ccc2[nH]ccc2c1. The van der Waals surface area contributed by atoms with Gasteiger partial charge in [-0.25, -0.2) is 0 Å². The third kappa shape index (κ3) is 2.39. The summed E-state index contributed by atoms with van der Waals surface area (Å²) in [4.78, 5) is 3.16. The smallest absolute Gasteiger partial charge is 0.0580 e. The van der Waals surface area contributed by atoms with Crippen molar-refractivity contribution in [2.45, 2.75) is 32.3 Å². The van der Waals surface area contributed by atoms with Gasteiger partial charge in [0.2, 0.25) is 0 Å². The summed E-state index contributed by atoms with van der Waals surface area (Å²) in [6.45, 7) is 2.10. The van der Waals surface area contributed by atoms with E-state index < -0.39 is 0 Å². The normalized spacial score (nSPS) is 13.2. The Morgan fingerprint density at radius 3 is 3.00 bits per heavy atom. The second kappa shape index (κ2) is 4.49. The molecule has 0 unspecified atom stereocenters. The molecule has 0 radical (unpaired) electrons. The van der Waals surface area contributed by atoms with Gasteiger partial charge in [-0.3, -0.25) is 0 Å². The van der Waals surface area contributed by atoms with E-state index in [0.29, 0.717) is 0 Å². The first-order valence-electron chi connectivity index (χ1n) is 5.53. The summed E-state index contributed by atoms with van der Waals surface area (Å²) in [6.07, 6.45) is 4.41. The van der Waals surface area contributed by atoms with Crippen LogP contribution in [0, 0.1) is 0 Å². The van der Waals surface area contributed by atoms with E-state index in [9.17, 15) is 5.11 Å². The maximum absolute atomic E-state index is 9.72. The molecule has 0 spiro atoms. The molecule has 2 nitrogen and oxygen atoms in total. The lowest BCUT2D eigenvalue weighted by Crippen LogP contribution is -2.09. The molecular weight excluding hydrogens is 186 g/mol. The summed E-state index contributed by atoms with van der Waals surface area (Å²) >= 11 is 0. The molecular formula is C13H17NO. The van der Waals surface area contributed by atoms with E-state index in [4.69, 9.17) is 0 Å². The lowest BCUT2D eigenvalue weighted by molar-refractivity contribution is 0.164. The zero-order valence-electron chi connectivity index (χ0n) is 9.03. The molecule has 2 N–H and O–H groups in total. The molecule has 0 fully saturated rings. The topological polar surface area (TPSA) is 36.0 Å². The number of fused-ring (bicyclic) bond motifs is 1. The van der Waals surface area contributed by atoms with Gasteiger partial charge >= 0.3 is 0 Å². The number of rotatable bonds is 4. The molecule has 0 saturated carbocycles. The first-order valence-corrected chi connectivity index (χ1v) is 5.53. The quantitative estimate of drug-likeness (QED) is 0.787. The second-order valence-corrected chi connectivity index (χ2v) is 4.05. The summed E-state index contributed by atoms with van der Waals surface area (Å²) in [6, 6.07) is 8.36. The zero-order chi connectivity index (χ0) is 10.7. The average Bonchev–Trinajstić information content (AvgIpc) is 2.65. The fourth-order valence-electron chi connectivity index (χ4n) is 1.94. The summed E-state index contributed by atoms with van der Waals surface area (Å²) in [5.74, 6) is 0. The van der Waals surface area contributed by atoms with Crippen LogP contribution in [0.5, 0.6) is 0 Å². The van der Waals surface area contributed by atoms with Crippen LogP contribution in [0.25, 0.3) is 10.9 Å². The van der Waals surface area contributed by atoms with Crippen LogP contribution in [0.2, 0.25) is 0 Å². The van der Waals surface area contributed by atoms with E-state index in [2.05, 4.69) is 36.2 Å². The number of nitrogens with one attached hydrogen (secondary N) is 1. The van der Waals surface area contributed by atoms with Gasteiger partial charge in [0.1, 0.15) is 0 Å². The van der Waals surface area contributed by atoms with Crippen molar-refractivity contribution >= 4 is 10.9 Å². The Bertz CT molecular complexity index is 433. The largest absolute Gasteiger partial charge is 0.393 e. The molecule has 0 aliphatic heterocycles. The first kappa shape index (κ1) is 10.2. The summed E-state index contributed by atoms with van der Waals surface area (Å²) in [5, 5.41) is 10.9. The second-order valence-electron chi connectivity index (χ2n) is 4.05. The third-order valence-corrected chi connectivity index (χ3v) is 2.71. The van der Waals surface area contributed by atoms with E-state index in [1.165, 1.54) is 10.9 Å². The molecule has 80 valence electrons. The Morgan fingerprint density at radius 2 is 2.20 bits per heavy atom. The van der Waals surface area contributed by atoms with Gasteiger partial charge in [-0.2, -0.15) is 0 Å². The Balaban J connectivity index is 2.14. The summed E-state index contributed by atoms with van der Waals surface area (Å²) in [7, 11) is 0. The number of hydrogen-bond donors (Lipinski definition) is 2. The standard InChI is InChI=1S/C13H17NO/c1-2-3-12(15)9-10-4-5-13-11(8-10)6-7-14-13/h4-8,12,14-15H,2-3,9H2,1H3/t12-/m0/s1. The zero-order valence-corrected chi connectivity index (χ0v) is 9.03. The first-order chi connectivity index (χ1) is 7.29. The van der Waals surface area contributed by atoms with Gasteiger partial charge in [0.05, 0.1) is 6.10 Å². The fourth-order valence-corrected chi connectivity index (χ4v) is 1.94. The number of aromatic nitrogens is 1. The van der Waals surface area contributed by atoms with Crippen LogP contribution in [-0.2, 0) is 6.42 Å². The Kier molecular flexibility index (Phi) is 3.07. The maximum Gasteiger partial charge on any atom is 0.0580 e. The summed E-state index contributed by atoms with van der Waals surface area (Å²) < 4.78 is 0. The van der Waals surface area contributed by atoms with Crippen LogP contribution >= 0.6 is 0 Å². The van der Waals surface area contributed by atoms with Crippen molar-refractivity contribution in [3.05, 3.63) is 36.0 Å². The van der Waals surface area contributed by atoms with E-state index >= 15 is 0 Å². The van der Waals surface area contributed by atoms with Gasteiger partial charge in [0, 0.05) is 11.7 Å². The van der Waals surface area contributed by atoms with Gasteiger partial charge in [-0.15, -0.1) is 0 Å². The van der Waals surface area contributed by atoms with E-state index in [-0.39, 0.29) is 6.10 Å². The summed E-state index contributed by atoms with van der Waals surface area (Å²) in [5.41, 5.74) is 2.37. The minimum atomic E-state index is -0.202. The number of aliphatic hydroxyl groups is 1. The van der Waals surface area contributed by atoms with Crippen LogP contribution in [0.15, 0.2) is 30.5 Å². The maximum atomic E-state index is 9.72. The van der Waals surface area contributed by atoms with E-state index in [0.717, 1.165) is 24.8 Å². The molecule has 2 aromatic rings. The molecule has 0 aliphatic carbocycles. The van der Waals surface area contributed by atoms with Gasteiger partial charge in [-0.05, 0) is 42.0 Å². The molecule has 0 amide bonds. The molecule has 1 aromatic carbocycles. The molecule has 2 heteroatoms. The monoisotopic (exact) mass is 203 g/mol. The highest BCUT2D eigenvalue weighted by Crippen LogP contribution is 2.16. The van der Waals surface area contributed by atoms with Gasteiger partial charge in [0.15, 0.2) is 0 Å². The Morgan fingerprint density at radius 1 is 1.33 bits per heavy atom. The average molecular weight is 203 g/mol. The van der Waals surface area contributed by atoms with Crippen LogP contribution in [0.1, 0.15) is 25.3 Å². The Labute approximate surface area is 89.9 Å². The lowest BCUT2D eigenvalue weighted by atomic mass is 10.0. The highest BCUT2D eigenvalue weighted by atomic mass is 16.3. The van der Waals surface area contributed by atoms with Crippen molar-refractivity contribution in [1.82, 2.24) is 4.98 Å². The van der Waals surface area contributed by atoms with E-state index in [1.54, 1.807) is 0 Å². The molecule has 1 aromatic heterocycles. The molecule has 0 bridgehead atoms. The van der Waals surface area contributed by atoms with Crippen LogP contribution in [0.4, 0.5) is 0 Å². The molecule has 2 rings (SSSR count). The number of aromatic amines is 1. The van der Waals surface area contributed by atoms with E-state index in [1.807, 2.05) is 6.20 Å². The molecule has 15 heavy (non-hydrogen) atoms. The minimum absolute atomic E-state index is 0.202. The van der Waals surface area contributed by atoms with Crippen molar-refractivity contribution in [3.8, 4) is 0 Å². The van der Waals surface area contributed by atoms with Crippen molar-refractivity contribution in [2.75, 3.05) is 0 Å². The number of hydrogen-bond acceptors (Lipinski definition) is 1. The van der Waals surface area contributed by atoms with Crippen molar-refractivity contribution < 1.29 is 5.11 Å². The van der Waals surface area contributed by atoms with Gasteiger partial charge < -0.3 is 10.1 Å². The minimum Gasteiger partial charge on any atom is -0.393 e. The van der Waals surface area contributed by atoms with Crippen LogP contribution < -0.4 is 0 Å². The van der Waals surface area contributed by atoms with Crippen molar-refractivity contribution in [2.24, 2.45) is 0 Å². The number of H-pyrrole nitrogens is 1. The van der Waals surface area contributed by atoms with Crippen molar-refractivity contribution in [1.29, 1.82) is 0 Å².